The number of hydrogen-bond acceptors (Lipinski definition) is 1. The Bertz CT molecular complexity index is 416. The van der Waals surface area contributed by atoms with Gasteiger partial charge in [0.25, 0.3) is 0 Å². The normalized spacial score (nSPS) is 21.4. The van der Waals surface area contributed by atoms with Crippen molar-refractivity contribution < 1.29 is 0 Å². The fraction of sp³-hybridized carbons (Fsp3) is 0.625. The van der Waals surface area contributed by atoms with Crippen LogP contribution in [0.1, 0.15) is 37.0 Å². The van der Waals surface area contributed by atoms with Gasteiger partial charge in [0.1, 0.15) is 0 Å². The molecule has 1 fully saturated rings. The molecule has 0 unspecified atom stereocenters. The number of benzene rings is 1. The Kier molecular flexibility index (Phi) is 2.74. The van der Waals surface area contributed by atoms with Crippen LogP contribution in [0.2, 0.25) is 0 Å². The minimum atomic E-state index is 0.521. The second kappa shape index (κ2) is 4.13. The number of fused-ring (bicyclic) bond motifs is 1. The Morgan fingerprint density at radius 1 is 1.18 bits per heavy atom. The predicted octanol–water partition coefficient (Wildman–Crippen LogP) is 2.96. The summed E-state index contributed by atoms with van der Waals surface area (Å²) in [7, 11) is 0. The standard InChI is InChI=1S/C16H23N/c1-12(2)16(10-17-11-16)9-13-6-7-14-4-3-5-15(14)8-13/h6-8,12,17H,3-5,9-11H2,1-2H3. The smallest absolute Gasteiger partial charge is 0.00259 e. The van der Waals surface area contributed by atoms with Crippen molar-refractivity contribution in [3.05, 3.63) is 34.9 Å². The van der Waals surface area contributed by atoms with Crippen molar-refractivity contribution in [2.75, 3.05) is 13.1 Å². The summed E-state index contributed by atoms with van der Waals surface area (Å²) in [5, 5.41) is 3.46. The maximum Gasteiger partial charge on any atom is 0.00259 e. The van der Waals surface area contributed by atoms with Crippen LogP contribution in [0.4, 0.5) is 0 Å². The first kappa shape index (κ1) is 11.3. The largest absolute Gasteiger partial charge is 0.315 e. The van der Waals surface area contributed by atoms with Crippen molar-refractivity contribution in [1.29, 1.82) is 0 Å². The molecular formula is C16H23N. The Labute approximate surface area is 105 Å². The molecule has 1 aliphatic heterocycles. The predicted molar refractivity (Wildman–Crippen MR) is 72.3 cm³/mol. The summed E-state index contributed by atoms with van der Waals surface area (Å²) in [4.78, 5) is 0. The molecule has 1 aromatic rings. The van der Waals surface area contributed by atoms with Crippen LogP contribution in [-0.4, -0.2) is 13.1 Å². The molecule has 0 saturated carbocycles. The van der Waals surface area contributed by atoms with E-state index in [1.54, 1.807) is 16.7 Å². The highest BCUT2D eigenvalue weighted by atomic mass is 15.0. The van der Waals surface area contributed by atoms with Gasteiger partial charge in [0.15, 0.2) is 0 Å². The minimum Gasteiger partial charge on any atom is -0.315 e. The van der Waals surface area contributed by atoms with E-state index in [1.165, 1.54) is 38.8 Å². The molecule has 1 heteroatoms. The molecule has 0 radical (unpaired) electrons. The second-order valence-corrected chi connectivity index (χ2v) is 6.25. The Morgan fingerprint density at radius 2 is 1.94 bits per heavy atom. The lowest BCUT2D eigenvalue weighted by atomic mass is 9.68. The van der Waals surface area contributed by atoms with E-state index in [9.17, 15) is 0 Å². The van der Waals surface area contributed by atoms with Crippen LogP contribution in [0.3, 0.4) is 0 Å². The lowest BCUT2D eigenvalue weighted by Crippen LogP contribution is -2.57. The zero-order valence-electron chi connectivity index (χ0n) is 11.1. The summed E-state index contributed by atoms with van der Waals surface area (Å²) < 4.78 is 0. The average Bonchev–Trinajstić information content (AvgIpc) is 2.69. The third kappa shape index (κ3) is 1.91. The molecule has 1 aromatic carbocycles. The van der Waals surface area contributed by atoms with E-state index in [0.29, 0.717) is 5.41 Å². The average molecular weight is 229 g/mol. The molecule has 1 aliphatic carbocycles. The van der Waals surface area contributed by atoms with Crippen molar-refractivity contribution >= 4 is 0 Å². The van der Waals surface area contributed by atoms with Gasteiger partial charge in [-0.25, -0.2) is 0 Å². The first-order valence-corrected chi connectivity index (χ1v) is 7.01. The zero-order valence-corrected chi connectivity index (χ0v) is 11.1. The summed E-state index contributed by atoms with van der Waals surface area (Å²) in [6.07, 6.45) is 5.21. The molecular weight excluding hydrogens is 206 g/mol. The maximum absolute atomic E-state index is 3.46. The van der Waals surface area contributed by atoms with Crippen LogP contribution in [0.15, 0.2) is 18.2 Å². The van der Waals surface area contributed by atoms with Crippen LogP contribution in [-0.2, 0) is 19.3 Å². The molecule has 0 atom stereocenters. The molecule has 0 spiro atoms. The first-order valence-electron chi connectivity index (χ1n) is 7.01. The zero-order chi connectivity index (χ0) is 11.9. The van der Waals surface area contributed by atoms with Gasteiger partial charge in [-0.05, 0) is 48.3 Å². The van der Waals surface area contributed by atoms with Gasteiger partial charge in [-0.1, -0.05) is 32.0 Å². The highest BCUT2D eigenvalue weighted by molar-refractivity contribution is 5.36. The topological polar surface area (TPSA) is 12.0 Å². The Balaban J connectivity index is 1.81. The molecule has 92 valence electrons. The van der Waals surface area contributed by atoms with E-state index in [4.69, 9.17) is 0 Å². The van der Waals surface area contributed by atoms with Gasteiger partial charge in [-0.3, -0.25) is 0 Å². The third-order valence-corrected chi connectivity index (χ3v) is 4.90. The van der Waals surface area contributed by atoms with E-state index in [0.717, 1.165) is 5.92 Å². The van der Waals surface area contributed by atoms with Crippen LogP contribution in [0.5, 0.6) is 0 Å². The van der Waals surface area contributed by atoms with Crippen molar-refractivity contribution in [1.82, 2.24) is 5.32 Å². The Morgan fingerprint density at radius 3 is 2.59 bits per heavy atom. The number of nitrogens with one attached hydrogen (secondary N) is 1. The van der Waals surface area contributed by atoms with Crippen molar-refractivity contribution in [3.63, 3.8) is 0 Å². The van der Waals surface area contributed by atoms with Crippen LogP contribution in [0.25, 0.3) is 0 Å². The summed E-state index contributed by atoms with van der Waals surface area (Å²) in [6, 6.07) is 7.22. The number of hydrogen-bond donors (Lipinski definition) is 1. The van der Waals surface area contributed by atoms with E-state index < -0.39 is 0 Å². The number of aryl methyl sites for hydroxylation is 2. The van der Waals surface area contributed by atoms with Gasteiger partial charge < -0.3 is 5.32 Å². The lowest BCUT2D eigenvalue weighted by molar-refractivity contribution is 0.0994. The fourth-order valence-electron chi connectivity index (χ4n) is 3.33. The summed E-state index contributed by atoms with van der Waals surface area (Å²) >= 11 is 0. The summed E-state index contributed by atoms with van der Waals surface area (Å²) in [5.74, 6) is 0.775. The van der Waals surface area contributed by atoms with E-state index in [1.807, 2.05) is 0 Å². The van der Waals surface area contributed by atoms with Crippen molar-refractivity contribution in [2.24, 2.45) is 11.3 Å². The van der Waals surface area contributed by atoms with Crippen molar-refractivity contribution in [3.8, 4) is 0 Å². The van der Waals surface area contributed by atoms with Gasteiger partial charge >= 0.3 is 0 Å². The summed E-state index contributed by atoms with van der Waals surface area (Å²) in [6.45, 7) is 7.13. The van der Waals surface area contributed by atoms with Crippen molar-refractivity contribution in [2.45, 2.75) is 39.5 Å². The quantitative estimate of drug-likeness (QED) is 0.840. The van der Waals surface area contributed by atoms with E-state index in [2.05, 4.69) is 37.4 Å². The highest BCUT2D eigenvalue weighted by Crippen LogP contribution is 2.36. The maximum atomic E-state index is 3.46. The molecule has 0 amide bonds. The molecule has 3 rings (SSSR count). The van der Waals surface area contributed by atoms with Gasteiger partial charge in [0.2, 0.25) is 0 Å². The molecule has 17 heavy (non-hydrogen) atoms. The van der Waals surface area contributed by atoms with Crippen LogP contribution >= 0.6 is 0 Å². The molecule has 1 N–H and O–H groups in total. The third-order valence-electron chi connectivity index (χ3n) is 4.90. The number of rotatable bonds is 3. The minimum absolute atomic E-state index is 0.521. The van der Waals surface area contributed by atoms with Crippen LogP contribution < -0.4 is 5.32 Å². The van der Waals surface area contributed by atoms with Crippen LogP contribution in [0, 0.1) is 11.3 Å². The first-order chi connectivity index (χ1) is 8.20. The molecule has 1 saturated heterocycles. The Hall–Kier alpha value is -0.820. The van der Waals surface area contributed by atoms with Gasteiger partial charge in [-0.2, -0.15) is 0 Å². The van der Waals surface area contributed by atoms with E-state index in [-0.39, 0.29) is 0 Å². The fourth-order valence-corrected chi connectivity index (χ4v) is 3.33. The molecule has 1 heterocycles. The molecule has 0 bridgehead atoms. The molecule has 0 aromatic heterocycles. The molecule has 1 nitrogen and oxygen atoms in total. The highest BCUT2D eigenvalue weighted by Gasteiger charge is 2.39. The summed E-state index contributed by atoms with van der Waals surface area (Å²) in [5.41, 5.74) is 5.29. The van der Waals surface area contributed by atoms with Gasteiger partial charge in [0, 0.05) is 18.5 Å². The molecule has 2 aliphatic rings. The monoisotopic (exact) mass is 229 g/mol. The van der Waals surface area contributed by atoms with Gasteiger partial charge in [0.05, 0.1) is 0 Å². The SMILES string of the molecule is CC(C)C1(Cc2ccc3c(c2)CCC3)CNC1. The second-order valence-electron chi connectivity index (χ2n) is 6.25. The van der Waals surface area contributed by atoms with Gasteiger partial charge in [-0.15, -0.1) is 0 Å². The van der Waals surface area contributed by atoms with E-state index >= 15 is 0 Å². The lowest BCUT2D eigenvalue weighted by Gasteiger charge is -2.46.